The fourth-order valence-corrected chi connectivity index (χ4v) is 4.04. The molecule has 0 radical (unpaired) electrons. The molecule has 2 aliphatic rings. The number of aryl methyl sites for hydroxylation is 2. The van der Waals surface area contributed by atoms with Crippen molar-refractivity contribution < 1.29 is 9.53 Å². The Hall–Kier alpha value is -3.54. The number of hydrogen-bond donors (Lipinski definition) is 3. The zero-order valence-electron chi connectivity index (χ0n) is 16.6. The Morgan fingerprint density at radius 1 is 1.10 bits per heavy atom. The van der Waals surface area contributed by atoms with Gasteiger partial charge in [-0.25, -0.2) is 4.98 Å². The lowest BCUT2D eigenvalue weighted by atomic mass is 9.94. The number of amides is 1. The molecule has 146 valence electrons. The van der Waals surface area contributed by atoms with Crippen molar-refractivity contribution in [1.29, 1.82) is 0 Å². The SMILES string of the molecule is Cc1c[nH]c(/C=C2\C(=O)Nc3c(C)cc(-c4cnc5c(c4C)NCCO5)cc32)c1. The summed E-state index contributed by atoms with van der Waals surface area (Å²) in [6, 6.07) is 6.20. The third-order valence-electron chi connectivity index (χ3n) is 5.52. The quantitative estimate of drug-likeness (QED) is 0.574. The number of carbonyl (C=O) groups is 1. The minimum absolute atomic E-state index is 0.0807. The van der Waals surface area contributed by atoms with Crippen LogP contribution in [0.25, 0.3) is 22.8 Å². The summed E-state index contributed by atoms with van der Waals surface area (Å²) in [6.45, 7) is 7.50. The van der Waals surface area contributed by atoms with E-state index in [0.717, 1.165) is 57.0 Å². The average Bonchev–Trinajstić information content (AvgIpc) is 3.26. The van der Waals surface area contributed by atoms with Gasteiger partial charge in [0.2, 0.25) is 5.88 Å². The van der Waals surface area contributed by atoms with Crippen molar-refractivity contribution in [3.8, 4) is 17.0 Å². The molecule has 6 nitrogen and oxygen atoms in total. The van der Waals surface area contributed by atoms with Crippen molar-refractivity contribution >= 4 is 28.9 Å². The summed E-state index contributed by atoms with van der Waals surface area (Å²) in [5.74, 6) is 0.567. The largest absolute Gasteiger partial charge is 0.474 e. The van der Waals surface area contributed by atoms with Gasteiger partial charge in [-0.05, 0) is 67.3 Å². The fraction of sp³-hybridized carbons (Fsp3) is 0.217. The van der Waals surface area contributed by atoms with Crippen molar-refractivity contribution in [2.75, 3.05) is 23.8 Å². The van der Waals surface area contributed by atoms with Gasteiger partial charge in [-0.3, -0.25) is 4.79 Å². The fourth-order valence-electron chi connectivity index (χ4n) is 4.04. The maximum atomic E-state index is 12.7. The molecule has 1 amide bonds. The van der Waals surface area contributed by atoms with E-state index < -0.39 is 0 Å². The summed E-state index contributed by atoms with van der Waals surface area (Å²) in [5, 5.41) is 6.41. The molecule has 3 aromatic rings. The van der Waals surface area contributed by atoms with Crippen LogP contribution in [0.3, 0.4) is 0 Å². The van der Waals surface area contributed by atoms with Gasteiger partial charge in [0, 0.05) is 35.8 Å². The van der Waals surface area contributed by atoms with E-state index in [1.165, 1.54) is 0 Å². The van der Waals surface area contributed by atoms with Crippen LogP contribution in [0.4, 0.5) is 11.4 Å². The Morgan fingerprint density at radius 3 is 2.76 bits per heavy atom. The van der Waals surface area contributed by atoms with E-state index in [0.29, 0.717) is 18.1 Å². The number of H-pyrrole nitrogens is 1. The lowest BCUT2D eigenvalue weighted by Gasteiger charge is -2.21. The molecule has 0 atom stereocenters. The minimum Gasteiger partial charge on any atom is -0.474 e. The molecule has 4 heterocycles. The topological polar surface area (TPSA) is 79.0 Å². The number of carbonyl (C=O) groups excluding carboxylic acids is 1. The molecule has 3 N–H and O–H groups in total. The molecule has 5 rings (SSSR count). The first-order chi connectivity index (χ1) is 14.0. The predicted molar refractivity (Wildman–Crippen MR) is 115 cm³/mol. The van der Waals surface area contributed by atoms with Crippen LogP contribution in [0.15, 0.2) is 30.6 Å². The summed E-state index contributed by atoms with van der Waals surface area (Å²) in [7, 11) is 0. The van der Waals surface area contributed by atoms with E-state index in [9.17, 15) is 4.79 Å². The summed E-state index contributed by atoms with van der Waals surface area (Å²) in [6.07, 6.45) is 5.69. The highest BCUT2D eigenvalue weighted by Crippen LogP contribution is 2.41. The van der Waals surface area contributed by atoms with Crippen LogP contribution in [0.1, 0.15) is 27.9 Å². The Morgan fingerprint density at radius 2 is 1.97 bits per heavy atom. The van der Waals surface area contributed by atoms with Gasteiger partial charge in [-0.15, -0.1) is 0 Å². The Balaban J connectivity index is 1.65. The lowest BCUT2D eigenvalue weighted by Crippen LogP contribution is -2.20. The van der Waals surface area contributed by atoms with Gasteiger partial charge in [0.15, 0.2) is 0 Å². The Bertz CT molecular complexity index is 1190. The third-order valence-corrected chi connectivity index (χ3v) is 5.52. The number of pyridine rings is 1. The number of benzene rings is 1. The van der Waals surface area contributed by atoms with Crippen LogP contribution in [-0.2, 0) is 4.79 Å². The van der Waals surface area contributed by atoms with Crippen LogP contribution in [0.2, 0.25) is 0 Å². The average molecular weight is 386 g/mol. The molecule has 0 spiro atoms. The van der Waals surface area contributed by atoms with Gasteiger partial charge >= 0.3 is 0 Å². The maximum absolute atomic E-state index is 12.7. The van der Waals surface area contributed by atoms with Crippen molar-refractivity contribution in [2.24, 2.45) is 0 Å². The number of ether oxygens (including phenoxy) is 1. The lowest BCUT2D eigenvalue weighted by molar-refractivity contribution is -0.110. The van der Waals surface area contributed by atoms with E-state index in [2.05, 4.69) is 39.7 Å². The highest BCUT2D eigenvalue weighted by Gasteiger charge is 2.27. The second kappa shape index (κ2) is 6.51. The highest BCUT2D eigenvalue weighted by molar-refractivity contribution is 6.35. The van der Waals surface area contributed by atoms with E-state index in [1.54, 1.807) is 0 Å². The Labute approximate surface area is 169 Å². The summed E-state index contributed by atoms with van der Waals surface area (Å²) < 4.78 is 5.65. The first-order valence-corrected chi connectivity index (χ1v) is 9.71. The molecule has 1 aromatic carbocycles. The van der Waals surface area contributed by atoms with Crippen molar-refractivity contribution in [1.82, 2.24) is 9.97 Å². The number of fused-ring (bicyclic) bond motifs is 2. The van der Waals surface area contributed by atoms with Crippen LogP contribution >= 0.6 is 0 Å². The minimum atomic E-state index is -0.0807. The van der Waals surface area contributed by atoms with Crippen LogP contribution in [0, 0.1) is 20.8 Å². The normalized spacial score (nSPS) is 16.1. The first kappa shape index (κ1) is 17.6. The summed E-state index contributed by atoms with van der Waals surface area (Å²) in [4.78, 5) is 20.4. The monoisotopic (exact) mass is 386 g/mol. The Kier molecular flexibility index (Phi) is 3.94. The molecule has 0 unspecified atom stereocenters. The van der Waals surface area contributed by atoms with Gasteiger partial charge < -0.3 is 20.4 Å². The molecule has 2 aliphatic heterocycles. The van der Waals surface area contributed by atoms with Crippen molar-refractivity contribution in [2.45, 2.75) is 20.8 Å². The number of aromatic amines is 1. The smallest absolute Gasteiger partial charge is 0.256 e. The molecule has 29 heavy (non-hydrogen) atoms. The molecule has 6 heteroatoms. The van der Waals surface area contributed by atoms with E-state index in [1.807, 2.05) is 38.4 Å². The summed E-state index contributed by atoms with van der Waals surface area (Å²) >= 11 is 0. The number of nitrogens with zero attached hydrogens (tertiary/aromatic N) is 1. The summed E-state index contributed by atoms with van der Waals surface area (Å²) in [5.41, 5.74) is 9.62. The molecule has 0 saturated heterocycles. The standard InChI is InChI=1S/C23H22N4O2/c1-12-6-16(25-10-12)9-18-17-8-15(7-13(2)20(17)27-22(18)28)19-11-26-23-21(14(19)3)24-4-5-29-23/h6-11,24-25H,4-5H2,1-3H3,(H,27,28)/b18-9-. The zero-order valence-corrected chi connectivity index (χ0v) is 16.6. The van der Waals surface area contributed by atoms with Crippen LogP contribution < -0.4 is 15.4 Å². The van der Waals surface area contributed by atoms with Crippen LogP contribution in [0.5, 0.6) is 5.88 Å². The number of aromatic nitrogens is 2. The molecular formula is C23H22N4O2. The zero-order chi connectivity index (χ0) is 20.1. The predicted octanol–water partition coefficient (Wildman–Crippen LogP) is 4.30. The molecule has 0 aliphatic carbocycles. The van der Waals surface area contributed by atoms with Gasteiger partial charge in [-0.1, -0.05) is 0 Å². The number of anilines is 2. The van der Waals surface area contributed by atoms with Gasteiger partial charge in [0.1, 0.15) is 12.3 Å². The van der Waals surface area contributed by atoms with Gasteiger partial charge in [0.25, 0.3) is 5.91 Å². The highest BCUT2D eigenvalue weighted by atomic mass is 16.5. The van der Waals surface area contributed by atoms with Crippen molar-refractivity contribution in [3.05, 3.63) is 58.5 Å². The second-order valence-corrected chi connectivity index (χ2v) is 7.61. The van der Waals surface area contributed by atoms with E-state index in [4.69, 9.17) is 4.74 Å². The molecule has 0 saturated carbocycles. The van der Waals surface area contributed by atoms with E-state index in [-0.39, 0.29) is 5.91 Å². The molecular weight excluding hydrogens is 364 g/mol. The molecule has 0 fully saturated rings. The molecule has 0 bridgehead atoms. The van der Waals surface area contributed by atoms with Gasteiger partial charge in [0.05, 0.1) is 11.3 Å². The first-order valence-electron chi connectivity index (χ1n) is 9.71. The number of nitrogens with one attached hydrogen (secondary N) is 3. The van der Waals surface area contributed by atoms with Crippen molar-refractivity contribution in [3.63, 3.8) is 0 Å². The number of hydrogen-bond acceptors (Lipinski definition) is 4. The maximum Gasteiger partial charge on any atom is 0.256 e. The number of rotatable bonds is 2. The van der Waals surface area contributed by atoms with E-state index >= 15 is 0 Å². The van der Waals surface area contributed by atoms with Crippen LogP contribution in [-0.4, -0.2) is 29.0 Å². The third kappa shape index (κ3) is 2.88. The second-order valence-electron chi connectivity index (χ2n) is 7.61. The van der Waals surface area contributed by atoms with Gasteiger partial charge in [-0.2, -0.15) is 0 Å². The molecule has 2 aromatic heterocycles.